The summed E-state index contributed by atoms with van der Waals surface area (Å²) in [5.74, 6) is 1.08. The molecule has 1 aliphatic rings. The van der Waals surface area contributed by atoms with Crippen molar-refractivity contribution < 1.29 is 0 Å². The van der Waals surface area contributed by atoms with Crippen molar-refractivity contribution in [2.24, 2.45) is 17.3 Å². The van der Waals surface area contributed by atoms with Gasteiger partial charge in [-0.25, -0.2) is 9.67 Å². The zero-order valence-electron chi connectivity index (χ0n) is 12.8. The van der Waals surface area contributed by atoms with Gasteiger partial charge in [0.05, 0.1) is 6.04 Å². The normalized spacial score (nSPS) is 23.1. The van der Waals surface area contributed by atoms with E-state index in [-0.39, 0.29) is 5.41 Å². The maximum Gasteiger partial charge on any atom is 0.137 e. The van der Waals surface area contributed by atoms with Crippen LogP contribution in [-0.4, -0.2) is 19.1 Å². The number of halogens is 2. The summed E-state index contributed by atoms with van der Waals surface area (Å²) in [6, 6.07) is 0.375. The lowest BCUT2D eigenvalue weighted by molar-refractivity contribution is 0.175. The molecule has 0 spiro atoms. The summed E-state index contributed by atoms with van der Waals surface area (Å²) < 4.78 is 1.52. The van der Waals surface area contributed by atoms with E-state index in [4.69, 9.17) is 23.2 Å². The van der Waals surface area contributed by atoms with E-state index in [0.29, 0.717) is 17.9 Å². The minimum absolute atomic E-state index is 0.277. The van der Waals surface area contributed by atoms with Crippen LogP contribution in [0.25, 0.3) is 0 Å². The average molecular weight is 318 g/mol. The molecular weight excluding hydrogens is 293 g/mol. The molecule has 0 aliphatic heterocycles. The monoisotopic (exact) mass is 317 g/mol. The second-order valence-corrected chi connectivity index (χ2v) is 8.66. The fourth-order valence-corrected chi connectivity index (χ4v) is 3.14. The lowest BCUT2D eigenvalue weighted by atomic mass is 9.75. The van der Waals surface area contributed by atoms with E-state index in [1.807, 2.05) is 11.0 Å². The summed E-state index contributed by atoms with van der Waals surface area (Å²) in [6.45, 7) is 9.21. The molecule has 0 N–H and O–H groups in total. The standard InChI is InChI=1S/C15H25Cl2N3/c1-11(2)14(3,4)8-13(20-10-18-9-19-20)6-5-12-7-15(12,16)17/h9-13H,5-8H2,1-4H3. The predicted octanol–water partition coefficient (Wildman–Crippen LogP) is 4.87. The average Bonchev–Trinajstić information content (AvgIpc) is 2.80. The Morgan fingerprint density at radius 1 is 1.40 bits per heavy atom. The van der Waals surface area contributed by atoms with Crippen molar-refractivity contribution >= 4 is 23.2 Å². The lowest BCUT2D eigenvalue weighted by Crippen LogP contribution is -2.25. The smallest absolute Gasteiger partial charge is 0.137 e. The first-order chi connectivity index (χ1) is 9.22. The molecule has 0 amide bonds. The Labute approximate surface area is 132 Å². The highest BCUT2D eigenvalue weighted by atomic mass is 35.5. The van der Waals surface area contributed by atoms with Crippen LogP contribution in [0, 0.1) is 17.3 Å². The van der Waals surface area contributed by atoms with Crippen LogP contribution in [0.4, 0.5) is 0 Å². The van der Waals surface area contributed by atoms with Gasteiger partial charge < -0.3 is 0 Å². The van der Waals surface area contributed by atoms with Crippen molar-refractivity contribution in [1.29, 1.82) is 0 Å². The van der Waals surface area contributed by atoms with Gasteiger partial charge in [-0.15, -0.1) is 23.2 Å². The van der Waals surface area contributed by atoms with Crippen LogP contribution in [0.15, 0.2) is 12.7 Å². The van der Waals surface area contributed by atoms with Gasteiger partial charge in [0.1, 0.15) is 17.0 Å². The van der Waals surface area contributed by atoms with Gasteiger partial charge >= 0.3 is 0 Å². The van der Waals surface area contributed by atoms with Gasteiger partial charge in [0.2, 0.25) is 0 Å². The van der Waals surface area contributed by atoms with Crippen LogP contribution in [0.5, 0.6) is 0 Å². The third-order valence-electron chi connectivity index (χ3n) is 4.94. The summed E-state index contributed by atoms with van der Waals surface area (Å²) in [5, 5.41) is 4.33. The van der Waals surface area contributed by atoms with Crippen molar-refractivity contribution in [2.45, 2.75) is 63.8 Å². The molecule has 114 valence electrons. The molecule has 1 aromatic heterocycles. The molecule has 0 bridgehead atoms. The fourth-order valence-electron chi connectivity index (χ4n) is 2.55. The molecule has 0 radical (unpaired) electrons. The molecule has 5 heteroatoms. The highest BCUT2D eigenvalue weighted by molar-refractivity contribution is 6.50. The quantitative estimate of drug-likeness (QED) is 0.672. The molecular formula is C15H25Cl2N3. The summed E-state index contributed by atoms with van der Waals surface area (Å²) >= 11 is 12.3. The number of alkyl halides is 2. The Bertz CT molecular complexity index is 426. The third-order valence-corrected chi connectivity index (χ3v) is 5.87. The molecule has 0 aromatic carbocycles. The number of nitrogens with zero attached hydrogens (tertiary/aromatic N) is 3. The van der Waals surface area contributed by atoms with Gasteiger partial charge in [0.25, 0.3) is 0 Å². The van der Waals surface area contributed by atoms with E-state index in [9.17, 15) is 0 Å². The highest BCUT2D eigenvalue weighted by Gasteiger charge is 2.51. The van der Waals surface area contributed by atoms with Crippen molar-refractivity contribution in [1.82, 2.24) is 14.8 Å². The largest absolute Gasteiger partial charge is 0.250 e. The number of aromatic nitrogens is 3. The van der Waals surface area contributed by atoms with Crippen molar-refractivity contribution in [3.63, 3.8) is 0 Å². The topological polar surface area (TPSA) is 30.7 Å². The summed E-state index contributed by atoms with van der Waals surface area (Å²) in [5.41, 5.74) is 0.277. The zero-order chi connectivity index (χ0) is 15.0. The van der Waals surface area contributed by atoms with Gasteiger partial charge in [0.15, 0.2) is 0 Å². The van der Waals surface area contributed by atoms with Gasteiger partial charge in [-0.1, -0.05) is 27.7 Å². The Kier molecular flexibility index (Phi) is 4.70. The first-order valence-electron chi connectivity index (χ1n) is 7.44. The van der Waals surface area contributed by atoms with Crippen molar-refractivity contribution in [3.05, 3.63) is 12.7 Å². The fraction of sp³-hybridized carbons (Fsp3) is 0.867. The molecule has 1 saturated carbocycles. The molecule has 1 aliphatic carbocycles. The molecule has 2 unspecified atom stereocenters. The lowest BCUT2D eigenvalue weighted by Gasteiger charge is -2.33. The van der Waals surface area contributed by atoms with Crippen LogP contribution in [0.2, 0.25) is 0 Å². The van der Waals surface area contributed by atoms with Crippen molar-refractivity contribution in [3.8, 4) is 0 Å². The molecule has 3 nitrogen and oxygen atoms in total. The van der Waals surface area contributed by atoms with E-state index in [1.54, 1.807) is 6.33 Å². The van der Waals surface area contributed by atoms with E-state index < -0.39 is 4.33 Å². The second kappa shape index (κ2) is 5.84. The first-order valence-corrected chi connectivity index (χ1v) is 8.20. The van der Waals surface area contributed by atoms with Crippen molar-refractivity contribution in [2.75, 3.05) is 0 Å². The molecule has 0 saturated heterocycles. The zero-order valence-corrected chi connectivity index (χ0v) is 14.3. The van der Waals surface area contributed by atoms with Crippen LogP contribution in [-0.2, 0) is 0 Å². The van der Waals surface area contributed by atoms with Gasteiger partial charge in [-0.05, 0) is 42.9 Å². The van der Waals surface area contributed by atoms with Gasteiger partial charge in [-0.2, -0.15) is 5.10 Å². The highest BCUT2D eigenvalue weighted by Crippen LogP contribution is 2.56. The number of rotatable bonds is 7. The summed E-state index contributed by atoms with van der Waals surface area (Å²) in [7, 11) is 0. The van der Waals surface area contributed by atoms with Gasteiger partial charge in [0, 0.05) is 0 Å². The van der Waals surface area contributed by atoms with E-state index >= 15 is 0 Å². The maximum absolute atomic E-state index is 6.13. The van der Waals surface area contributed by atoms with E-state index in [0.717, 1.165) is 25.7 Å². The minimum atomic E-state index is -0.472. The first kappa shape index (κ1) is 16.1. The minimum Gasteiger partial charge on any atom is -0.250 e. The Balaban J connectivity index is 1.99. The summed E-state index contributed by atoms with van der Waals surface area (Å²) in [6.07, 6.45) is 7.58. The van der Waals surface area contributed by atoms with E-state index in [2.05, 4.69) is 37.8 Å². The SMILES string of the molecule is CC(C)C(C)(C)CC(CCC1CC1(Cl)Cl)n1cncn1. The number of hydrogen-bond donors (Lipinski definition) is 0. The third kappa shape index (κ3) is 3.88. The molecule has 2 rings (SSSR count). The molecule has 2 atom stereocenters. The van der Waals surface area contributed by atoms with Gasteiger partial charge in [-0.3, -0.25) is 0 Å². The van der Waals surface area contributed by atoms with Crippen LogP contribution < -0.4 is 0 Å². The molecule has 1 heterocycles. The van der Waals surface area contributed by atoms with Crippen LogP contribution in [0.1, 0.15) is 59.4 Å². The Morgan fingerprint density at radius 2 is 2.05 bits per heavy atom. The molecule has 1 fully saturated rings. The molecule has 1 aromatic rings. The molecule has 20 heavy (non-hydrogen) atoms. The Hall–Kier alpha value is -0.280. The van der Waals surface area contributed by atoms with Crippen LogP contribution >= 0.6 is 23.2 Å². The Morgan fingerprint density at radius 3 is 2.50 bits per heavy atom. The van der Waals surface area contributed by atoms with Crippen LogP contribution in [0.3, 0.4) is 0 Å². The summed E-state index contributed by atoms with van der Waals surface area (Å²) in [4.78, 5) is 4.09. The second-order valence-electron chi connectivity index (χ2n) is 7.12. The van der Waals surface area contributed by atoms with E-state index in [1.165, 1.54) is 0 Å². The maximum atomic E-state index is 6.13. The number of hydrogen-bond acceptors (Lipinski definition) is 2. The predicted molar refractivity (Wildman–Crippen MR) is 84.1 cm³/mol.